The number of amides is 2. The second-order valence-corrected chi connectivity index (χ2v) is 7.04. The number of benzene rings is 2. The summed E-state index contributed by atoms with van der Waals surface area (Å²) in [5.41, 5.74) is 2.57. The molecule has 2 heterocycles. The predicted octanol–water partition coefficient (Wildman–Crippen LogP) is 3.99. The van der Waals surface area contributed by atoms with Gasteiger partial charge in [-0.1, -0.05) is 18.2 Å². The van der Waals surface area contributed by atoms with Crippen LogP contribution in [-0.4, -0.2) is 23.3 Å². The number of halogens is 1. The number of carbonyl (C=O) groups excluding carboxylic acids is 2. The minimum absolute atomic E-state index is 0.0873. The average Bonchev–Trinajstić information content (AvgIpc) is 2.85. The lowest BCUT2D eigenvalue weighted by Gasteiger charge is -2.22. The Morgan fingerprint density at radius 3 is 2.87 bits per heavy atom. The van der Waals surface area contributed by atoms with E-state index >= 15 is 0 Å². The molecule has 7 heteroatoms. The highest BCUT2D eigenvalue weighted by Crippen LogP contribution is 2.38. The summed E-state index contributed by atoms with van der Waals surface area (Å²) in [7, 11) is 0. The minimum Gasteiger partial charge on any atom is -0.436 e. The lowest BCUT2D eigenvalue weighted by Crippen LogP contribution is -2.35. The number of ether oxygens (including phenoxy) is 1. The SMILES string of the molecule is Cc1ccc2c(c1)N(CCC(=O)NCc1cccc(F)c1)C(=O)c1cccnc1O2. The smallest absolute Gasteiger partial charge is 0.263 e. The topological polar surface area (TPSA) is 71.5 Å². The van der Waals surface area contributed by atoms with E-state index in [2.05, 4.69) is 10.3 Å². The fraction of sp³-hybridized carbons (Fsp3) is 0.174. The molecule has 0 fully saturated rings. The van der Waals surface area contributed by atoms with Crippen LogP contribution in [-0.2, 0) is 11.3 Å². The third kappa shape index (κ3) is 4.15. The molecule has 1 N–H and O–H groups in total. The molecule has 0 bridgehead atoms. The Labute approximate surface area is 173 Å². The van der Waals surface area contributed by atoms with Crippen LogP contribution in [0.4, 0.5) is 10.1 Å². The average molecular weight is 405 g/mol. The molecule has 1 aliphatic heterocycles. The fourth-order valence-electron chi connectivity index (χ4n) is 3.29. The number of fused-ring (bicyclic) bond motifs is 2. The highest BCUT2D eigenvalue weighted by molar-refractivity contribution is 6.09. The van der Waals surface area contributed by atoms with Crippen molar-refractivity contribution >= 4 is 17.5 Å². The summed E-state index contributed by atoms with van der Waals surface area (Å²) in [6, 6.07) is 14.9. The van der Waals surface area contributed by atoms with Crippen molar-refractivity contribution in [1.29, 1.82) is 0 Å². The molecule has 0 radical (unpaired) electrons. The quantitative estimate of drug-likeness (QED) is 0.697. The lowest BCUT2D eigenvalue weighted by molar-refractivity contribution is -0.121. The Hall–Kier alpha value is -3.74. The molecular formula is C23H20FN3O3. The van der Waals surface area contributed by atoms with Crippen molar-refractivity contribution in [2.24, 2.45) is 0 Å². The lowest BCUT2D eigenvalue weighted by atomic mass is 10.1. The molecule has 6 nitrogen and oxygen atoms in total. The van der Waals surface area contributed by atoms with Crippen molar-refractivity contribution in [1.82, 2.24) is 10.3 Å². The van der Waals surface area contributed by atoms with E-state index in [1.54, 1.807) is 36.5 Å². The number of carbonyl (C=O) groups is 2. The first-order valence-electron chi connectivity index (χ1n) is 9.58. The van der Waals surface area contributed by atoms with Crippen LogP contribution in [0, 0.1) is 12.7 Å². The molecule has 2 aromatic carbocycles. The molecule has 3 aromatic rings. The number of aromatic nitrogens is 1. The number of rotatable bonds is 5. The van der Waals surface area contributed by atoms with Gasteiger partial charge in [-0.15, -0.1) is 0 Å². The van der Waals surface area contributed by atoms with E-state index in [4.69, 9.17) is 4.74 Å². The Bertz CT molecular complexity index is 1120. The maximum absolute atomic E-state index is 13.3. The third-order valence-corrected chi connectivity index (χ3v) is 4.80. The molecule has 30 heavy (non-hydrogen) atoms. The maximum atomic E-state index is 13.3. The summed E-state index contributed by atoms with van der Waals surface area (Å²) in [6.07, 6.45) is 1.65. The number of nitrogens with zero attached hydrogens (tertiary/aromatic N) is 2. The van der Waals surface area contributed by atoms with Crippen LogP contribution in [0.2, 0.25) is 0 Å². The van der Waals surface area contributed by atoms with E-state index < -0.39 is 0 Å². The van der Waals surface area contributed by atoms with Gasteiger partial charge in [-0.25, -0.2) is 9.37 Å². The second-order valence-electron chi connectivity index (χ2n) is 7.04. The van der Waals surface area contributed by atoms with Gasteiger partial charge in [0.2, 0.25) is 11.8 Å². The van der Waals surface area contributed by atoms with Crippen LogP contribution in [0.25, 0.3) is 0 Å². The number of anilines is 1. The van der Waals surface area contributed by atoms with E-state index in [9.17, 15) is 14.0 Å². The highest BCUT2D eigenvalue weighted by Gasteiger charge is 2.29. The zero-order chi connectivity index (χ0) is 21.1. The summed E-state index contributed by atoms with van der Waals surface area (Å²) in [4.78, 5) is 31.3. The maximum Gasteiger partial charge on any atom is 0.263 e. The Morgan fingerprint density at radius 2 is 2.03 bits per heavy atom. The normalized spacial score (nSPS) is 12.5. The molecule has 0 unspecified atom stereocenters. The van der Waals surface area contributed by atoms with Crippen molar-refractivity contribution in [3.8, 4) is 11.6 Å². The van der Waals surface area contributed by atoms with Crippen LogP contribution < -0.4 is 15.0 Å². The van der Waals surface area contributed by atoms with Crippen molar-refractivity contribution < 1.29 is 18.7 Å². The zero-order valence-corrected chi connectivity index (χ0v) is 16.4. The van der Waals surface area contributed by atoms with Crippen molar-refractivity contribution in [3.05, 3.63) is 83.3 Å². The van der Waals surface area contributed by atoms with Gasteiger partial charge in [-0.05, 0) is 54.4 Å². The van der Waals surface area contributed by atoms with Gasteiger partial charge < -0.3 is 15.0 Å². The number of pyridine rings is 1. The first kappa shape index (κ1) is 19.6. The summed E-state index contributed by atoms with van der Waals surface area (Å²) < 4.78 is 19.2. The Balaban J connectivity index is 1.51. The van der Waals surface area contributed by atoms with Crippen LogP contribution >= 0.6 is 0 Å². The molecule has 0 saturated heterocycles. The molecule has 0 atom stereocenters. The van der Waals surface area contributed by atoms with Gasteiger partial charge in [0.05, 0.1) is 5.69 Å². The van der Waals surface area contributed by atoms with E-state index in [0.717, 1.165) is 5.56 Å². The number of nitrogens with one attached hydrogen (secondary N) is 1. The largest absolute Gasteiger partial charge is 0.436 e. The number of aryl methyl sites for hydroxylation is 1. The molecule has 0 spiro atoms. The van der Waals surface area contributed by atoms with Gasteiger partial charge in [0.1, 0.15) is 11.4 Å². The highest BCUT2D eigenvalue weighted by atomic mass is 19.1. The summed E-state index contributed by atoms with van der Waals surface area (Å²) in [5.74, 6) is -0.119. The van der Waals surface area contributed by atoms with Crippen LogP contribution in [0.3, 0.4) is 0 Å². The van der Waals surface area contributed by atoms with Gasteiger partial charge in [-0.2, -0.15) is 0 Å². The molecule has 1 aliphatic rings. The first-order chi connectivity index (χ1) is 14.5. The van der Waals surface area contributed by atoms with Crippen LogP contribution in [0.15, 0.2) is 60.8 Å². The molecule has 0 saturated carbocycles. The summed E-state index contributed by atoms with van der Waals surface area (Å²) in [5, 5.41) is 2.76. The molecule has 0 aliphatic carbocycles. The molecular weight excluding hydrogens is 385 g/mol. The standard InChI is InChI=1S/C23H20FN3O3/c1-15-7-8-20-19(12-15)27(23(29)18-6-3-10-25-22(18)30-20)11-9-21(28)26-14-16-4-2-5-17(24)13-16/h2-8,10,12-13H,9,11,14H2,1H3,(H,26,28). The summed E-state index contributed by atoms with van der Waals surface area (Å²) >= 11 is 0. The van der Waals surface area contributed by atoms with Crippen molar-refractivity contribution in [2.75, 3.05) is 11.4 Å². The first-order valence-corrected chi connectivity index (χ1v) is 9.58. The van der Waals surface area contributed by atoms with E-state index in [1.807, 2.05) is 19.1 Å². The molecule has 1 aromatic heterocycles. The van der Waals surface area contributed by atoms with Gasteiger partial charge in [0, 0.05) is 25.7 Å². The van der Waals surface area contributed by atoms with Gasteiger partial charge in [-0.3, -0.25) is 9.59 Å². The minimum atomic E-state index is -0.351. The molecule has 2 amide bonds. The summed E-state index contributed by atoms with van der Waals surface area (Å²) in [6.45, 7) is 2.31. The fourth-order valence-corrected chi connectivity index (χ4v) is 3.29. The Morgan fingerprint density at radius 1 is 1.17 bits per heavy atom. The number of hydrogen-bond acceptors (Lipinski definition) is 4. The van der Waals surface area contributed by atoms with Gasteiger partial charge in [0.25, 0.3) is 5.91 Å². The van der Waals surface area contributed by atoms with Crippen molar-refractivity contribution in [2.45, 2.75) is 19.9 Å². The van der Waals surface area contributed by atoms with Crippen molar-refractivity contribution in [3.63, 3.8) is 0 Å². The second kappa shape index (κ2) is 8.32. The van der Waals surface area contributed by atoms with E-state index in [0.29, 0.717) is 22.6 Å². The van der Waals surface area contributed by atoms with Gasteiger partial charge >= 0.3 is 0 Å². The molecule has 4 rings (SSSR count). The van der Waals surface area contributed by atoms with Crippen LogP contribution in [0.1, 0.15) is 27.9 Å². The Kier molecular flexibility index (Phi) is 5.43. The third-order valence-electron chi connectivity index (χ3n) is 4.80. The van der Waals surface area contributed by atoms with Gasteiger partial charge in [0.15, 0.2) is 5.75 Å². The molecule has 152 valence electrons. The van der Waals surface area contributed by atoms with E-state index in [-0.39, 0.29) is 43.0 Å². The number of hydrogen-bond donors (Lipinski definition) is 1. The predicted molar refractivity (Wildman–Crippen MR) is 110 cm³/mol. The van der Waals surface area contributed by atoms with Crippen LogP contribution in [0.5, 0.6) is 11.6 Å². The van der Waals surface area contributed by atoms with E-state index in [1.165, 1.54) is 17.0 Å². The zero-order valence-electron chi connectivity index (χ0n) is 16.4. The monoisotopic (exact) mass is 405 g/mol.